The fourth-order valence-corrected chi connectivity index (χ4v) is 1.50. The van der Waals surface area contributed by atoms with Crippen LogP contribution in [0.25, 0.3) is 0 Å². The predicted molar refractivity (Wildman–Crippen MR) is 60.3 cm³/mol. The van der Waals surface area contributed by atoms with Crippen molar-refractivity contribution in [2.24, 2.45) is 0 Å². The zero-order valence-corrected chi connectivity index (χ0v) is 9.29. The number of hydrogen-bond donors (Lipinski definition) is 1. The van der Waals surface area contributed by atoms with Crippen LogP contribution in [0.3, 0.4) is 0 Å². The van der Waals surface area contributed by atoms with E-state index in [2.05, 4.69) is 48.1 Å². The monoisotopic (exact) mass is 193 g/mol. The third-order valence-electron chi connectivity index (χ3n) is 2.37. The SMILES string of the molecule is CCCCCNc1cccc[n+]1CC. The van der Waals surface area contributed by atoms with Crippen LogP contribution in [-0.4, -0.2) is 6.54 Å². The second kappa shape index (κ2) is 6.41. The number of pyridine rings is 1. The number of aryl methyl sites for hydroxylation is 1. The molecule has 1 heterocycles. The molecule has 1 aromatic rings. The van der Waals surface area contributed by atoms with Crippen LogP contribution >= 0.6 is 0 Å². The van der Waals surface area contributed by atoms with Crippen molar-refractivity contribution in [1.82, 2.24) is 0 Å². The number of unbranched alkanes of at least 4 members (excludes halogenated alkanes) is 2. The second-order valence-electron chi connectivity index (χ2n) is 3.51. The minimum absolute atomic E-state index is 1.02. The van der Waals surface area contributed by atoms with Gasteiger partial charge in [-0.25, -0.2) is 4.57 Å². The van der Waals surface area contributed by atoms with E-state index in [0.717, 1.165) is 13.1 Å². The van der Waals surface area contributed by atoms with E-state index in [1.165, 1.54) is 25.1 Å². The van der Waals surface area contributed by atoms with E-state index >= 15 is 0 Å². The number of nitrogens with zero attached hydrogens (tertiary/aromatic N) is 1. The molecule has 78 valence electrons. The molecule has 2 heteroatoms. The van der Waals surface area contributed by atoms with Crippen molar-refractivity contribution in [3.05, 3.63) is 24.4 Å². The summed E-state index contributed by atoms with van der Waals surface area (Å²) in [6.07, 6.45) is 5.97. The first kappa shape index (κ1) is 11.0. The van der Waals surface area contributed by atoms with Gasteiger partial charge < -0.3 is 0 Å². The van der Waals surface area contributed by atoms with E-state index in [9.17, 15) is 0 Å². The summed E-state index contributed by atoms with van der Waals surface area (Å²) >= 11 is 0. The van der Waals surface area contributed by atoms with Crippen LogP contribution < -0.4 is 9.88 Å². The highest BCUT2D eigenvalue weighted by Crippen LogP contribution is 2.00. The Kier molecular flexibility index (Phi) is 5.05. The molecule has 0 amide bonds. The molecule has 0 saturated carbocycles. The van der Waals surface area contributed by atoms with Gasteiger partial charge in [-0.3, -0.25) is 5.32 Å². The molecule has 0 bridgehead atoms. The third-order valence-corrected chi connectivity index (χ3v) is 2.37. The Balaban J connectivity index is 2.41. The van der Waals surface area contributed by atoms with E-state index < -0.39 is 0 Å². The molecule has 0 aliphatic carbocycles. The zero-order valence-electron chi connectivity index (χ0n) is 9.29. The number of rotatable bonds is 6. The topological polar surface area (TPSA) is 15.9 Å². The van der Waals surface area contributed by atoms with Crippen molar-refractivity contribution < 1.29 is 4.57 Å². The highest BCUT2D eigenvalue weighted by atomic mass is 15.1. The molecule has 1 aromatic heterocycles. The summed E-state index contributed by atoms with van der Waals surface area (Å²) in [5.74, 6) is 1.23. The normalized spacial score (nSPS) is 10.1. The Hall–Kier alpha value is -1.05. The summed E-state index contributed by atoms with van der Waals surface area (Å²) in [7, 11) is 0. The average molecular weight is 193 g/mol. The van der Waals surface area contributed by atoms with E-state index in [1.807, 2.05) is 0 Å². The van der Waals surface area contributed by atoms with Crippen molar-refractivity contribution in [2.75, 3.05) is 11.9 Å². The van der Waals surface area contributed by atoms with E-state index in [-0.39, 0.29) is 0 Å². The summed E-state index contributed by atoms with van der Waals surface area (Å²) in [5.41, 5.74) is 0. The van der Waals surface area contributed by atoms with Crippen molar-refractivity contribution >= 4 is 5.82 Å². The van der Waals surface area contributed by atoms with Crippen molar-refractivity contribution in [2.45, 2.75) is 39.7 Å². The fraction of sp³-hybridized carbons (Fsp3) is 0.583. The Morgan fingerprint density at radius 1 is 1.21 bits per heavy atom. The number of anilines is 1. The van der Waals surface area contributed by atoms with Gasteiger partial charge in [-0.15, -0.1) is 0 Å². The molecule has 0 aliphatic heterocycles. The molecule has 1 N–H and O–H groups in total. The molecule has 0 saturated heterocycles. The summed E-state index contributed by atoms with van der Waals surface area (Å²) in [6.45, 7) is 6.50. The van der Waals surface area contributed by atoms with Gasteiger partial charge in [0.25, 0.3) is 5.82 Å². The fourth-order valence-electron chi connectivity index (χ4n) is 1.50. The Morgan fingerprint density at radius 2 is 2.07 bits per heavy atom. The van der Waals surface area contributed by atoms with Crippen LogP contribution in [0, 0.1) is 0 Å². The van der Waals surface area contributed by atoms with Crippen LogP contribution in [0.5, 0.6) is 0 Å². The van der Waals surface area contributed by atoms with Gasteiger partial charge >= 0.3 is 0 Å². The average Bonchev–Trinajstić information content (AvgIpc) is 2.25. The van der Waals surface area contributed by atoms with Gasteiger partial charge in [0, 0.05) is 6.07 Å². The maximum absolute atomic E-state index is 3.46. The van der Waals surface area contributed by atoms with Crippen LogP contribution in [0.1, 0.15) is 33.1 Å². The number of nitrogens with one attached hydrogen (secondary N) is 1. The number of hydrogen-bond acceptors (Lipinski definition) is 1. The minimum Gasteiger partial charge on any atom is -0.274 e. The van der Waals surface area contributed by atoms with E-state index in [4.69, 9.17) is 0 Å². The first-order chi connectivity index (χ1) is 6.88. The van der Waals surface area contributed by atoms with Gasteiger partial charge in [-0.1, -0.05) is 19.4 Å². The van der Waals surface area contributed by atoms with Gasteiger partial charge in [0.2, 0.25) is 0 Å². The lowest BCUT2D eigenvalue weighted by Gasteiger charge is -2.04. The van der Waals surface area contributed by atoms with Gasteiger partial charge in [-0.2, -0.15) is 0 Å². The molecule has 0 aromatic carbocycles. The van der Waals surface area contributed by atoms with Crippen LogP contribution in [0.2, 0.25) is 0 Å². The smallest absolute Gasteiger partial charge is 0.274 e. The van der Waals surface area contributed by atoms with Gasteiger partial charge in [-0.05, 0) is 25.8 Å². The Labute approximate surface area is 87.0 Å². The van der Waals surface area contributed by atoms with Crippen molar-refractivity contribution in [3.8, 4) is 0 Å². The van der Waals surface area contributed by atoms with E-state index in [0.29, 0.717) is 0 Å². The second-order valence-corrected chi connectivity index (χ2v) is 3.51. The summed E-state index contributed by atoms with van der Waals surface area (Å²) in [5, 5.41) is 3.46. The molecule has 0 atom stereocenters. The van der Waals surface area contributed by atoms with Crippen LogP contribution in [0.15, 0.2) is 24.4 Å². The first-order valence-corrected chi connectivity index (χ1v) is 5.60. The molecule has 0 fully saturated rings. The van der Waals surface area contributed by atoms with Gasteiger partial charge in [0.15, 0.2) is 0 Å². The van der Waals surface area contributed by atoms with Gasteiger partial charge in [0.1, 0.15) is 0 Å². The van der Waals surface area contributed by atoms with Crippen LogP contribution in [0.4, 0.5) is 5.82 Å². The Morgan fingerprint density at radius 3 is 2.79 bits per heavy atom. The standard InChI is InChI=1S/C12H20N2/c1-3-5-7-10-13-12-9-6-8-11-14(12)4-2/h6,8-9,11H,3-5,7,10H2,1-2H3/p+1. The lowest BCUT2D eigenvalue weighted by molar-refractivity contribution is -0.679. The molecular weight excluding hydrogens is 172 g/mol. The summed E-state index contributed by atoms with van der Waals surface area (Å²) in [6, 6.07) is 6.28. The van der Waals surface area contributed by atoms with Gasteiger partial charge in [0.05, 0.1) is 19.3 Å². The molecule has 0 spiro atoms. The quantitative estimate of drug-likeness (QED) is 0.542. The summed E-state index contributed by atoms with van der Waals surface area (Å²) in [4.78, 5) is 0. The molecular formula is C12H21N2+. The van der Waals surface area contributed by atoms with Crippen molar-refractivity contribution in [3.63, 3.8) is 0 Å². The first-order valence-electron chi connectivity index (χ1n) is 5.60. The predicted octanol–water partition coefficient (Wildman–Crippen LogP) is 2.60. The highest BCUT2D eigenvalue weighted by molar-refractivity contribution is 5.26. The number of aromatic nitrogens is 1. The highest BCUT2D eigenvalue weighted by Gasteiger charge is 2.03. The van der Waals surface area contributed by atoms with E-state index in [1.54, 1.807) is 0 Å². The van der Waals surface area contributed by atoms with Crippen LogP contribution in [-0.2, 0) is 6.54 Å². The summed E-state index contributed by atoms with van der Waals surface area (Å²) < 4.78 is 2.23. The maximum atomic E-state index is 3.46. The third kappa shape index (κ3) is 3.36. The molecule has 14 heavy (non-hydrogen) atoms. The Bertz CT molecular complexity index is 258. The molecule has 0 aliphatic rings. The zero-order chi connectivity index (χ0) is 10.2. The molecule has 0 radical (unpaired) electrons. The van der Waals surface area contributed by atoms with Crippen molar-refractivity contribution in [1.29, 1.82) is 0 Å². The minimum atomic E-state index is 1.02. The maximum Gasteiger partial charge on any atom is 0.274 e. The largest absolute Gasteiger partial charge is 0.274 e. The lowest BCUT2D eigenvalue weighted by atomic mass is 10.2. The molecule has 1 rings (SSSR count). The molecule has 2 nitrogen and oxygen atoms in total. The molecule has 0 unspecified atom stereocenters. The lowest BCUT2D eigenvalue weighted by Crippen LogP contribution is -2.35.